The van der Waals surface area contributed by atoms with Crippen LogP contribution < -0.4 is 10.6 Å². The number of nitrogens with one attached hydrogen (secondary N) is 2. The van der Waals surface area contributed by atoms with Crippen LogP contribution in [0.3, 0.4) is 0 Å². The first-order valence-electron chi connectivity index (χ1n) is 12.1. The van der Waals surface area contributed by atoms with E-state index < -0.39 is 10.0 Å². The zero-order valence-electron chi connectivity index (χ0n) is 20.2. The molecule has 1 unspecified atom stereocenters. The fourth-order valence-electron chi connectivity index (χ4n) is 4.36. The SMILES string of the molecule is CCC(CC)C(=O)Nc1ccc(C(=O)Nc2ccc(S(=O)(=O)N3CCCCC3CC)cc2)cc1. The lowest BCUT2D eigenvalue weighted by Crippen LogP contribution is -2.43. The molecule has 1 fully saturated rings. The molecule has 0 aromatic heterocycles. The number of hydrogen-bond donors (Lipinski definition) is 2. The number of piperidine rings is 1. The van der Waals surface area contributed by atoms with Crippen molar-refractivity contribution in [2.75, 3.05) is 17.2 Å². The zero-order chi connectivity index (χ0) is 24.7. The summed E-state index contributed by atoms with van der Waals surface area (Å²) in [7, 11) is -3.56. The molecule has 1 aliphatic heterocycles. The minimum atomic E-state index is -3.56. The van der Waals surface area contributed by atoms with Crippen LogP contribution in [0.4, 0.5) is 11.4 Å². The largest absolute Gasteiger partial charge is 0.326 e. The van der Waals surface area contributed by atoms with E-state index in [9.17, 15) is 18.0 Å². The monoisotopic (exact) mass is 485 g/mol. The minimum absolute atomic E-state index is 0.0212. The summed E-state index contributed by atoms with van der Waals surface area (Å²) in [4.78, 5) is 25.1. The van der Waals surface area contributed by atoms with Crippen molar-refractivity contribution in [2.24, 2.45) is 5.92 Å². The summed E-state index contributed by atoms with van der Waals surface area (Å²) in [5.74, 6) is -0.361. The zero-order valence-corrected chi connectivity index (χ0v) is 21.0. The Balaban J connectivity index is 1.64. The molecule has 2 N–H and O–H groups in total. The Bertz CT molecular complexity index is 1080. The molecule has 1 heterocycles. The van der Waals surface area contributed by atoms with Crippen LogP contribution in [0.2, 0.25) is 0 Å². The number of rotatable bonds is 9. The van der Waals surface area contributed by atoms with Gasteiger partial charge in [0.15, 0.2) is 0 Å². The number of benzene rings is 2. The van der Waals surface area contributed by atoms with Gasteiger partial charge in [-0.25, -0.2) is 8.42 Å². The molecule has 1 saturated heterocycles. The second-order valence-corrected chi connectivity index (χ2v) is 10.6. The summed E-state index contributed by atoms with van der Waals surface area (Å²) in [5.41, 5.74) is 1.60. The number of amides is 2. The van der Waals surface area contributed by atoms with Crippen LogP contribution in [-0.2, 0) is 14.8 Å². The highest BCUT2D eigenvalue weighted by Gasteiger charge is 2.32. The number of carbonyl (C=O) groups is 2. The quantitative estimate of drug-likeness (QED) is 0.506. The van der Waals surface area contributed by atoms with Crippen LogP contribution in [0.25, 0.3) is 0 Å². The molecule has 2 aromatic rings. The fraction of sp³-hybridized carbons (Fsp3) is 0.462. The molecule has 8 heteroatoms. The van der Waals surface area contributed by atoms with E-state index in [1.807, 2.05) is 20.8 Å². The van der Waals surface area contributed by atoms with Crippen molar-refractivity contribution in [3.63, 3.8) is 0 Å². The van der Waals surface area contributed by atoms with Crippen LogP contribution in [-0.4, -0.2) is 37.1 Å². The van der Waals surface area contributed by atoms with E-state index in [1.54, 1.807) is 52.8 Å². The van der Waals surface area contributed by atoms with Crippen molar-refractivity contribution in [2.45, 2.75) is 70.2 Å². The van der Waals surface area contributed by atoms with Gasteiger partial charge in [-0.3, -0.25) is 9.59 Å². The van der Waals surface area contributed by atoms with Crippen molar-refractivity contribution in [1.29, 1.82) is 0 Å². The molecule has 3 rings (SSSR count). The molecule has 0 spiro atoms. The number of nitrogens with zero attached hydrogens (tertiary/aromatic N) is 1. The number of anilines is 2. The molecule has 0 radical (unpaired) electrons. The molecule has 0 aliphatic carbocycles. The predicted octanol–water partition coefficient (Wildman–Crippen LogP) is 5.27. The number of carbonyl (C=O) groups excluding carboxylic acids is 2. The Morgan fingerprint density at radius 1 is 0.912 bits per heavy atom. The average Bonchev–Trinajstić information content (AvgIpc) is 2.85. The Kier molecular flexibility index (Phi) is 8.85. The lowest BCUT2D eigenvalue weighted by Gasteiger charge is -2.34. The normalized spacial score (nSPS) is 16.9. The topological polar surface area (TPSA) is 95.6 Å². The summed E-state index contributed by atoms with van der Waals surface area (Å²) in [6, 6.07) is 13.1. The molecule has 1 atom stereocenters. The van der Waals surface area contributed by atoms with Crippen molar-refractivity contribution < 1.29 is 18.0 Å². The first-order chi connectivity index (χ1) is 16.3. The van der Waals surface area contributed by atoms with Gasteiger partial charge < -0.3 is 10.6 Å². The van der Waals surface area contributed by atoms with Crippen LogP contribution >= 0.6 is 0 Å². The molecule has 0 bridgehead atoms. The van der Waals surface area contributed by atoms with Gasteiger partial charge in [0.05, 0.1) is 4.90 Å². The Morgan fingerprint density at radius 2 is 1.50 bits per heavy atom. The second-order valence-electron chi connectivity index (χ2n) is 8.73. The Labute approximate surface area is 203 Å². The van der Waals surface area contributed by atoms with E-state index in [1.165, 1.54) is 0 Å². The lowest BCUT2D eigenvalue weighted by atomic mass is 10.0. The first-order valence-corrected chi connectivity index (χ1v) is 13.6. The van der Waals surface area contributed by atoms with E-state index in [0.29, 0.717) is 23.5 Å². The van der Waals surface area contributed by atoms with Crippen molar-refractivity contribution in [3.05, 3.63) is 54.1 Å². The molecule has 7 nitrogen and oxygen atoms in total. The average molecular weight is 486 g/mol. The van der Waals surface area contributed by atoms with E-state index >= 15 is 0 Å². The number of hydrogen-bond acceptors (Lipinski definition) is 4. The molecule has 34 heavy (non-hydrogen) atoms. The van der Waals surface area contributed by atoms with E-state index in [-0.39, 0.29) is 28.7 Å². The highest BCUT2D eigenvalue weighted by molar-refractivity contribution is 7.89. The third kappa shape index (κ3) is 6.04. The molecule has 184 valence electrons. The predicted molar refractivity (Wildman–Crippen MR) is 135 cm³/mol. The van der Waals surface area contributed by atoms with Crippen molar-refractivity contribution >= 4 is 33.2 Å². The third-order valence-corrected chi connectivity index (χ3v) is 8.50. The maximum Gasteiger partial charge on any atom is 0.255 e. The van der Waals surface area contributed by atoms with Gasteiger partial charge in [0.2, 0.25) is 15.9 Å². The highest BCUT2D eigenvalue weighted by Crippen LogP contribution is 2.27. The summed E-state index contributed by atoms with van der Waals surface area (Å²) < 4.78 is 27.8. The molecular weight excluding hydrogens is 450 g/mol. The maximum atomic E-state index is 13.1. The number of sulfonamides is 1. The molecular formula is C26H35N3O4S. The van der Waals surface area contributed by atoms with Crippen LogP contribution in [0.5, 0.6) is 0 Å². The van der Waals surface area contributed by atoms with Crippen LogP contribution in [0.1, 0.15) is 69.7 Å². The van der Waals surface area contributed by atoms with Gasteiger partial charge in [-0.15, -0.1) is 0 Å². The van der Waals surface area contributed by atoms with E-state index in [4.69, 9.17) is 0 Å². The van der Waals surface area contributed by atoms with Gasteiger partial charge in [0.1, 0.15) is 0 Å². The minimum Gasteiger partial charge on any atom is -0.326 e. The van der Waals surface area contributed by atoms with Gasteiger partial charge in [0.25, 0.3) is 5.91 Å². The smallest absolute Gasteiger partial charge is 0.255 e. The lowest BCUT2D eigenvalue weighted by molar-refractivity contribution is -0.120. The summed E-state index contributed by atoms with van der Waals surface area (Å²) in [6.07, 6.45) is 5.18. The standard InChI is InChI=1S/C26H35N3O4S/c1-4-19(5-2)25(30)27-21-12-10-20(11-13-21)26(31)28-22-14-16-24(17-15-22)34(32,33)29-18-8-7-9-23(29)6-3/h10-17,19,23H,4-9,18H2,1-3H3,(H,27,30)(H,28,31). The van der Waals surface area contributed by atoms with Crippen LogP contribution in [0, 0.1) is 5.92 Å². The first kappa shape index (κ1) is 25.9. The van der Waals surface area contributed by atoms with Gasteiger partial charge in [-0.05, 0) is 80.6 Å². The molecule has 2 amide bonds. The van der Waals surface area contributed by atoms with Crippen molar-refractivity contribution in [3.8, 4) is 0 Å². The Hall–Kier alpha value is -2.71. The third-order valence-electron chi connectivity index (χ3n) is 6.53. The van der Waals surface area contributed by atoms with Crippen molar-refractivity contribution in [1.82, 2.24) is 4.31 Å². The van der Waals surface area contributed by atoms with Crippen LogP contribution in [0.15, 0.2) is 53.4 Å². The van der Waals surface area contributed by atoms with Gasteiger partial charge in [0, 0.05) is 35.4 Å². The van der Waals surface area contributed by atoms with Gasteiger partial charge in [-0.2, -0.15) is 4.31 Å². The van der Waals surface area contributed by atoms with E-state index in [2.05, 4.69) is 10.6 Å². The second kappa shape index (κ2) is 11.6. The van der Waals surface area contributed by atoms with Gasteiger partial charge in [-0.1, -0.05) is 27.2 Å². The highest BCUT2D eigenvalue weighted by atomic mass is 32.2. The van der Waals surface area contributed by atoms with Gasteiger partial charge >= 0.3 is 0 Å². The summed E-state index contributed by atoms with van der Waals surface area (Å²) >= 11 is 0. The summed E-state index contributed by atoms with van der Waals surface area (Å²) in [5, 5.41) is 5.68. The fourth-order valence-corrected chi connectivity index (χ4v) is 6.12. The van der Waals surface area contributed by atoms with E-state index in [0.717, 1.165) is 38.5 Å². The Morgan fingerprint density at radius 3 is 2.09 bits per heavy atom. The molecule has 0 saturated carbocycles. The molecule has 1 aliphatic rings. The molecule has 2 aromatic carbocycles. The summed E-state index contributed by atoms with van der Waals surface area (Å²) in [6.45, 7) is 6.54. The maximum absolute atomic E-state index is 13.1.